The van der Waals surface area contributed by atoms with Crippen molar-refractivity contribution in [3.63, 3.8) is 0 Å². The van der Waals surface area contributed by atoms with Gasteiger partial charge in [-0.05, 0) is 37.0 Å². The monoisotopic (exact) mass is 209 g/mol. The fourth-order valence-electron chi connectivity index (χ4n) is 2.01. The van der Waals surface area contributed by atoms with Crippen molar-refractivity contribution in [2.45, 2.75) is 20.8 Å². The van der Waals surface area contributed by atoms with Crippen LogP contribution in [0.15, 0.2) is 42.5 Å². The predicted molar refractivity (Wildman–Crippen MR) is 70.4 cm³/mol. The average molecular weight is 209 g/mol. The quantitative estimate of drug-likeness (QED) is 0.681. The highest BCUT2D eigenvalue weighted by atomic mass is 14.0. The summed E-state index contributed by atoms with van der Waals surface area (Å²) in [4.78, 5) is 0. The Kier molecular flexibility index (Phi) is 3.09. The van der Waals surface area contributed by atoms with E-state index in [9.17, 15) is 0 Å². The molecule has 0 unspecified atom stereocenters. The molecule has 2 aromatic carbocycles. The second-order valence-electron chi connectivity index (χ2n) is 4.29. The van der Waals surface area contributed by atoms with E-state index in [1.165, 1.54) is 27.8 Å². The molecule has 0 aromatic heterocycles. The molecule has 0 N–H and O–H groups in total. The standard InChI is InChI=1S/C16H17/c1-4-14-5-7-15(8-6-14)16-10-12(2)9-13(3)11-16/h4-11H,1-3H3. The van der Waals surface area contributed by atoms with Crippen molar-refractivity contribution in [2.24, 2.45) is 0 Å². The minimum absolute atomic E-state index is 1.27. The summed E-state index contributed by atoms with van der Waals surface area (Å²) in [7, 11) is 0. The third kappa shape index (κ3) is 2.33. The van der Waals surface area contributed by atoms with Gasteiger partial charge in [0.15, 0.2) is 0 Å². The molecule has 2 rings (SSSR count). The zero-order valence-electron chi connectivity index (χ0n) is 10.1. The zero-order valence-corrected chi connectivity index (χ0v) is 10.1. The smallest absolute Gasteiger partial charge is 0.0124 e. The fraction of sp³-hybridized carbons (Fsp3) is 0.188. The Labute approximate surface area is 97.9 Å². The van der Waals surface area contributed by atoms with Gasteiger partial charge >= 0.3 is 0 Å². The maximum Gasteiger partial charge on any atom is -0.0124 e. The molecule has 2 aromatic rings. The molecule has 0 aliphatic heterocycles. The SMILES string of the molecule is C[CH]c1ccc(-c2cc(C)cc(C)c2)cc1. The number of rotatable bonds is 2. The van der Waals surface area contributed by atoms with E-state index in [1.807, 2.05) is 0 Å². The summed E-state index contributed by atoms with van der Waals surface area (Å²) >= 11 is 0. The van der Waals surface area contributed by atoms with Crippen molar-refractivity contribution in [1.82, 2.24) is 0 Å². The van der Waals surface area contributed by atoms with Gasteiger partial charge in [0, 0.05) is 0 Å². The highest BCUT2D eigenvalue weighted by Gasteiger charge is 1.99. The molecule has 0 aliphatic carbocycles. The van der Waals surface area contributed by atoms with Crippen LogP contribution in [0.5, 0.6) is 0 Å². The van der Waals surface area contributed by atoms with E-state index in [4.69, 9.17) is 0 Å². The molecule has 0 nitrogen and oxygen atoms in total. The summed E-state index contributed by atoms with van der Waals surface area (Å²) in [6.45, 7) is 6.35. The summed E-state index contributed by atoms with van der Waals surface area (Å²) in [5, 5.41) is 0. The first-order chi connectivity index (χ1) is 7.69. The molecule has 0 amide bonds. The van der Waals surface area contributed by atoms with Gasteiger partial charge < -0.3 is 0 Å². The Morgan fingerprint density at radius 2 is 1.31 bits per heavy atom. The van der Waals surface area contributed by atoms with Crippen LogP contribution in [-0.2, 0) is 0 Å². The van der Waals surface area contributed by atoms with Crippen molar-refractivity contribution in [1.29, 1.82) is 0 Å². The van der Waals surface area contributed by atoms with Crippen LogP contribution >= 0.6 is 0 Å². The number of benzene rings is 2. The predicted octanol–water partition coefficient (Wildman–Crippen LogP) is 4.54. The second-order valence-corrected chi connectivity index (χ2v) is 4.29. The largest absolute Gasteiger partial charge is 0.0581 e. The molecule has 0 saturated heterocycles. The molecule has 0 heteroatoms. The van der Waals surface area contributed by atoms with E-state index in [2.05, 4.69) is 69.7 Å². The molecular weight excluding hydrogens is 192 g/mol. The highest BCUT2D eigenvalue weighted by molar-refractivity contribution is 5.65. The van der Waals surface area contributed by atoms with Crippen LogP contribution in [0.25, 0.3) is 11.1 Å². The van der Waals surface area contributed by atoms with Crippen LogP contribution < -0.4 is 0 Å². The third-order valence-corrected chi connectivity index (χ3v) is 2.80. The first-order valence-electron chi connectivity index (χ1n) is 5.67. The van der Waals surface area contributed by atoms with Crippen LogP contribution in [-0.4, -0.2) is 0 Å². The minimum Gasteiger partial charge on any atom is -0.0581 e. The topological polar surface area (TPSA) is 0 Å². The lowest BCUT2D eigenvalue weighted by molar-refractivity contribution is 1.38. The van der Waals surface area contributed by atoms with E-state index >= 15 is 0 Å². The van der Waals surface area contributed by atoms with Crippen molar-refractivity contribution in [2.75, 3.05) is 0 Å². The van der Waals surface area contributed by atoms with Gasteiger partial charge in [-0.15, -0.1) is 0 Å². The maximum atomic E-state index is 2.23. The van der Waals surface area contributed by atoms with E-state index in [1.54, 1.807) is 0 Å². The Morgan fingerprint density at radius 1 is 0.750 bits per heavy atom. The van der Waals surface area contributed by atoms with E-state index in [0.717, 1.165) is 0 Å². The normalized spacial score (nSPS) is 10.4. The minimum atomic E-state index is 1.27. The van der Waals surface area contributed by atoms with E-state index in [0.29, 0.717) is 0 Å². The summed E-state index contributed by atoms with van der Waals surface area (Å²) in [6.07, 6.45) is 2.12. The lowest BCUT2D eigenvalue weighted by Gasteiger charge is -2.06. The highest BCUT2D eigenvalue weighted by Crippen LogP contribution is 2.22. The molecule has 0 heterocycles. The summed E-state index contributed by atoms with van der Waals surface area (Å²) in [5.74, 6) is 0. The van der Waals surface area contributed by atoms with Gasteiger partial charge in [0.1, 0.15) is 0 Å². The lowest BCUT2D eigenvalue weighted by atomic mass is 9.99. The van der Waals surface area contributed by atoms with Crippen LogP contribution in [0.1, 0.15) is 23.6 Å². The summed E-state index contributed by atoms with van der Waals surface area (Å²) in [5.41, 5.74) is 6.51. The fourth-order valence-corrected chi connectivity index (χ4v) is 2.01. The van der Waals surface area contributed by atoms with Crippen LogP contribution in [0.2, 0.25) is 0 Å². The van der Waals surface area contributed by atoms with Gasteiger partial charge in [-0.25, -0.2) is 0 Å². The molecule has 0 aliphatic rings. The van der Waals surface area contributed by atoms with Crippen molar-refractivity contribution in [3.8, 4) is 11.1 Å². The first kappa shape index (κ1) is 10.9. The van der Waals surface area contributed by atoms with Gasteiger partial charge in [-0.2, -0.15) is 0 Å². The average Bonchev–Trinajstić information content (AvgIpc) is 2.28. The zero-order chi connectivity index (χ0) is 11.5. The number of aryl methyl sites for hydroxylation is 2. The Balaban J connectivity index is 2.42. The van der Waals surface area contributed by atoms with Crippen LogP contribution in [0.3, 0.4) is 0 Å². The number of hydrogen-bond acceptors (Lipinski definition) is 0. The van der Waals surface area contributed by atoms with Gasteiger partial charge in [-0.1, -0.05) is 60.5 Å². The first-order valence-corrected chi connectivity index (χ1v) is 5.67. The third-order valence-electron chi connectivity index (χ3n) is 2.80. The molecule has 81 valence electrons. The molecule has 0 bridgehead atoms. The van der Waals surface area contributed by atoms with Crippen LogP contribution in [0, 0.1) is 20.3 Å². The van der Waals surface area contributed by atoms with E-state index in [-0.39, 0.29) is 0 Å². The van der Waals surface area contributed by atoms with Crippen LogP contribution in [0.4, 0.5) is 0 Å². The molecule has 0 spiro atoms. The van der Waals surface area contributed by atoms with Crippen molar-refractivity contribution < 1.29 is 0 Å². The molecule has 0 fully saturated rings. The lowest BCUT2D eigenvalue weighted by Crippen LogP contribution is -1.83. The van der Waals surface area contributed by atoms with Gasteiger partial charge in [-0.3, -0.25) is 0 Å². The van der Waals surface area contributed by atoms with Crippen molar-refractivity contribution >= 4 is 0 Å². The second kappa shape index (κ2) is 4.52. The molecule has 0 saturated carbocycles. The van der Waals surface area contributed by atoms with E-state index < -0.39 is 0 Å². The van der Waals surface area contributed by atoms with Gasteiger partial charge in [0.2, 0.25) is 0 Å². The van der Waals surface area contributed by atoms with Gasteiger partial charge in [0.05, 0.1) is 0 Å². The maximum absolute atomic E-state index is 2.23. The Morgan fingerprint density at radius 3 is 1.81 bits per heavy atom. The Hall–Kier alpha value is -1.56. The molecule has 16 heavy (non-hydrogen) atoms. The number of hydrogen-bond donors (Lipinski definition) is 0. The summed E-state index contributed by atoms with van der Waals surface area (Å²) in [6, 6.07) is 15.4. The molecular formula is C16H17. The summed E-state index contributed by atoms with van der Waals surface area (Å²) < 4.78 is 0. The molecule has 1 radical (unpaired) electrons. The Bertz CT molecular complexity index is 458. The van der Waals surface area contributed by atoms with Gasteiger partial charge in [0.25, 0.3) is 0 Å². The molecule has 0 atom stereocenters. The van der Waals surface area contributed by atoms with Crippen molar-refractivity contribution in [3.05, 3.63) is 65.6 Å².